The van der Waals surface area contributed by atoms with Crippen LogP contribution in [0.15, 0.2) is 42.5 Å². The van der Waals surface area contributed by atoms with E-state index in [2.05, 4.69) is 5.32 Å². The lowest BCUT2D eigenvalue weighted by molar-refractivity contribution is -0.140. The van der Waals surface area contributed by atoms with Gasteiger partial charge in [-0.15, -0.1) is 0 Å². The van der Waals surface area contributed by atoms with Crippen LogP contribution in [-0.4, -0.2) is 18.1 Å². The van der Waals surface area contributed by atoms with Gasteiger partial charge in [0.05, 0.1) is 11.1 Å². The Balaban J connectivity index is 2.03. The Morgan fingerprint density at radius 1 is 1.00 bits per heavy atom. The third-order valence-electron chi connectivity index (χ3n) is 4.67. The lowest BCUT2D eigenvalue weighted by Gasteiger charge is -2.19. The summed E-state index contributed by atoms with van der Waals surface area (Å²) in [4.78, 5) is 12.1. The van der Waals surface area contributed by atoms with Crippen molar-refractivity contribution in [2.75, 3.05) is 0 Å². The number of rotatable bonds is 5. The van der Waals surface area contributed by atoms with E-state index in [1.54, 1.807) is 0 Å². The molecule has 1 N–H and O–H groups in total. The minimum atomic E-state index is -5.03. The Labute approximate surface area is 188 Å². The van der Waals surface area contributed by atoms with Crippen LogP contribution < -0.4 is 5.32 Å². The fourth-order valence-electron chi connectivity index (χ4n) is 2.99. The first-order chi connectivity index (χ1) is 14.8. The first kappa shape index (κ1) is 24.4. The van der Waals surface area contributed by atoms with Gasteiger partial charge in [-0.1, -0.05) is 29.3 Å². The molecule has 1 fully saturated rings. The molecule has 0 bridgehead atoms. The second kappa shape index (κ2) is 8.94. The minimum absolute atomic E-state index is 0.124. The highest BCUT2D eigenvalue weighted by Gasteiger charge is 2.41. The van der Waals surface area contributed by atoms with Crippen molar-refractivity contribution in [3.05, 3.63) is 74.8 Å². The van der Waals surface area contributed by atoms with Crippen LogP contribution in [0.3, 0.4) is 0 Å². The Morgan fingerprint density at radius 3 is 2.09 bits per heavy atom. The summed E-state index contributed by atoms with van der Waals surface area (Å²) in [5, 5.41) is 2.15. The summed E-state index contributed by atoms with van der Waals surface area (Å²) < 4.78 is 95.9. The van der Waals surface area contributed by atoms with Crippen molar-refractivity contribution < 1.29 is 35.5 Å². The molecule has 0 radical (unpaired) electrons. The molecule has 1 aliphatic carbocycles. The van der Waals surface area contributed by atoms with E-state index in [-0.39, 0.29) is 22.2 Å². The second-order valence-electron chi connectivity index (χ2n) is 7.24. The molecule has 2 aromatic carbocycles. The predicted molar refractivity (Wildman–Crippen MR) is 106 cm³/mol. The zero-order valence-corrected chi connectivity index (χ0v) is 17.4. The van der Waals surface area contributed by atoms with Gasteiger partial charge in [-0.3, -0.25) is 4.79 Å². The maximum absolute atomic E-state index is 14.8. The van der Waals surface area contributed by atoms with Crippen LogP contribution in [0, 0.1) is 0 Å². The van der Waals surface area contributed by atoms with Gasteiger partial charge in [-0.05, 0) is 54.8 Å². The van der Waals surface area contributed by atoms with Gasteiger partial charge in [0.1, 0.15) is 11.7 Å². The summed E-state index contributed by atoms with van der Waals surface area (Å²) >= 11 is 11.5. The van der Waals surface area contributed by atoms with Gasteiger partial charge in [-0.2, -0.15) is 26.3 Å². The molecular weight excluding hydrogens is 486 g/mol. The van der Waals surface area contributed by atoms with Crippen molar-refractivity contribution >= 4 is 34.9 Å². The van der Waals surface area contributed by atoms with E-state index in [0.29, 0.717) is 18.9 Å². The monoisotopic (exact) mass is 499 g/mol. The molecule has 0 saturated heterocycles. The maximum Gasteiger partial charge on any atom is 0.417 e. The molecule has 1 amide bonds. The fourth-order valence-corrected chi connectivity index (χ4v) is 3.54. The lowest BCUT2D eigenvalue weighted by atomic mass is 9.95. The van der Waals surface area contributed by atoms with E-state index < -0.39 is 52.3 Å². The molecule has 3 rings (SSSR count). The lowest BCUT2D eigenvalue weighted by Crippen LogP contribution is -2.28. The highest BCUT2D eigenvalue weighted by atomic mass is 35.5. The molecule has 1 aliphatic rings. The van der Waals surface area contributed by atoms with E-state index >= 15 is 0 Å². The third kappa shape index (κ3) is 5.95. The van der Waals surface area contributed by atoms with Gasteiger partial charge in [0.15, 0.2) is 0 Å². The molecule has 0 spiro atoms. The predicted octanol–water partition coefficient (Wildman–Crippen LogP) is 7.56. The van der Waals surface area contributed by atoms with Crippen molar-refractivity contribution in [2.45, 2.75) is 37.2 Å². The van der Waals surface area contributed by atoms with E-state index in [1.807, 2.05) is 0 Å². The molecule has 11 heteroatoms. The Morgan fingerprint density at radius 2 is 1.59 bits per heavy atom. The van der Waals surface area contributed by atoms with Gasteiger partial charge >= 0.3 is 12.4 Å². The Hall–Kier alpha value is -2.26. The molecule has 0 aliphatic heterocycles. The van der Waals surface area contributed by atoms with Gasteiger partial charge in [0.25, 0.3) is 5.91 Å². The number of allylic oxidation sites excluding steroid dienone is 1. The molecule has 172 valence electrons. The summed E-state index contributed by atoms with van der Waals surface area (Å²) in [5.74, 6) is -5.06. The summed E-state index contributed by atoms with van der Waals surface area (Å²) in [7, 11) is 0. The number of carbonyl (C=O) groups is 1. The topological polar surface area (TPSA) is 29.1 Å². The third-order valence-corrected chi connectivity index (χ3v) is 5.10. The molecule has 32 heavy (non-hydrogen) atoms. The molecule has 1 unspecified atom stereocenters. The van der Waals surface area contributed by atoms with E-state index in [1.165, 1.54) is 6.07 Å². The zero-order chi connectivity index (χ0) is 23.8. The minimum Gasteiger partial charge on any atom is -0.349 e. The summed E-state index contributed by atoms with van der Waals surface area (Å²) in [6.07, 6.45) is -8.61. The van der Waals surface area contributed by atoms with Crippen molar-refractivity contribution in [3.63, 3.8) is 0 Å². The van der Waals surface area contributed by atoms with Gasteiger partial charge in [0, 0.05) is 21.7 Å². The van der Waals surface area contributed by atoms with Crippen molar-refractivity contribution in [3.8, 4) is 0 Å². The van der Waals surface area contributed by atoms with Crippen LogP contribution in [-0.2, 0) is 6.18 Å². The number of alkyl halides is 6. The van der Waals surface area contributed by atoms with Gasteiger partial charge in [-0.25, -0.2) is 4.39 Å². The summed E-state index contributed by atoms with van der Waals surface area (Å²) in [5.41, 5.74) is -3.44. The first-order valence-corrected chi connectivity index (χ1v) is 9.94. The summed E-state index contributed by atoms with van der Waals surface area (Å²) in [6.45, 7) is 0. The first-order valence-electron chi connectivity index (χ1n) is 9.18. The number of carbonyl (C=O) groups excluding carboxylic acids is 1. The average molecular weight is 500 g/mol. The molecule has 1 atom stereocenters. The standard InChI is InChI=1S/C21H14Cl2F7NO/c22-12-5-11(6-13(23)8-12)16(20(25,26)27)9-18(24)10-1-4-15(17(7-10)21(28,29)30)19(32)31-14-2-3-14/h1,4-9,14,16H,2-3H2,(H,31,32). The molecular formula is C21H14Cl2F7NO. The number of halogens is 9. The summed E-state index contributed by atoms with van der Waals surface area (Å²) in [6, 6.07) is 4.69. The highest BCUT2D eigenvalue weighted by Crippen LogP contribution is 2.41. The van der Waals surface area contributed by atoms with Crippen LogP contribution in [0.5, 0.6) is 0 Å². The Kier molecular flexibility index (Phi) is 6.81. The quantitative estimate of drug-likeness (QED) is 0.422. The van der Waals surface area contributed by atoms with Crippen molar-refractivity contribution in [1.82, 2.24) is 5.32 Å². The number of benzene rings is 2. The van der Waals surface area contributed by atoms with Crippen LogP contribution in [0.4, 0.5) is 30.7 Å². The Bertz CT molecular complexity index is 1040. The largest absolute Gasteiger partial charge is 0.417 e. The van der Waals surface area contributed by atoms with E-state index in [9.17, 15) is 35.5 Å². The van der Waals surface area contributed by atoms with Crippen LogP contribution in [0.2, 0.25) is 10.0 Å². The fraction of sp³-hybridized carbons (Fsp3) is 0.286. The SMILES string of the molecule is O=C(NC1CC1)c1ccc(C(F)=CC(c2cc(Cl)cc(Cl)c2)C(F)(F)F)cc1C(F)(F)F. The highest BCUT2D eigenvalue weighted by molar-refractivity contribution is 6.34. The van der Waals surface area contributed by atoms with Crippen LogP contribution >= 0.6 is 23.2 Å². The molecule has 0 aromatic heterocycles. The molecule has 1 saturated carbocycles. The smallest absolute Gasteiger partial charge is 0.349 e. The molecule has 2 nitrogen and oxygen atoms in total. The molecule has 0 heterocycles. The van der Waals surface area contributed by atoms with Crippen LogP contribution in [0.25, 0.3) is 5.83 Å². The average Bonchev–Trinajstić information content (AvgIpc) is 3.46. The van der Waals surface area contributed by atoms with Crippen molar-refractivity contribution in [1.29, 1.82) is 0 Å². The van der Waals surface area contributed by atoms with Gasteiger partial charge in [0.2, 0.25) is 0 Å². The van der Waals surface area contributed by atoms with Gasteiger partial charge < -0.3 is 5.32 Å². The number of hydrogen-bond donors (Lipinski definition) is 1. The van der Waals surface area contributed by atoms with E-state index in [4.69, 9.17) is 23.2 Å². The van der Waals surface area contributed by atoms with Crippen LogP contribution in [0.1, 0.15) is 45.8 Å². The van der Waals surface area contributed by atoms with E-state index in [0.717, 1.165) is 24.3 Å². The number of nitrogens with one attached hydrogen (secondary N) is 1. The maximum atomic E-state index is 14.8. The van der Waals surface area contributed by atoms with Crippen molar-refractivity contribution in [2.24, 2.45) is 0 Å². The normalized spacial score (nSPS) is 16.1. The number of amides is 1. The second-order valence-corrected chi connectivity index (χ2v) is 8.12. The zero-order valence-electron chi connectivity index (χ0n) is 15.9. The molecule has 2 aromatic rings. The number of hydrogen-bond acceptors (Lipinski definition) is 1.